The van der Waals surface area contributed by atoms with Crippen molar-refractivity contribution in [3.63, 3.8) is 0 Å². The van der Waals surface area contributed by atoms with E-state index in [0.29, 0.717) is 12.3 Å². The number of carbonyl (C=O) groups excluding carboxylic acids is 1. The number of likely N-dealkylation sites (tertiary alicyclic amines) is 1. The van der Waals surface area contributed by atoms with Crippen molar-refractivity contribution in [2.24, 2.45) is 0 Å². The molecule has 1 fully saturated rings. The number of amides is 1. The minimum absolute atomic E-state index is 0.292. The highest BCUT2D eigenvalue weighted by molar-refractivity contribution is 5.77. The fraction of sp³-hybridized carbons (Fsp3) is 0.857. The Labute approximate surface area is 61.4 Å². The average molecular weight is 142 g/mol. The summed E-state index contributed by atoms with van der Waals surface area (Å²) in [5.74, 6) is 0.292. The molecule has 1 rings (SSSR count). The van der Waals surface area contributed by atoms with Gasteiger partial charge in [0.15, 0.2) is 0 Å². The van der Waals surface area contributed by atoms with Crippen LogP contribution in [0.3, 0.4) is 0 Å². The van der Waals surface area contributed by atoms with Crippen LogP contribution >= 0.6 is 0 Å². The second-order valence-corrected chi connectivity index (χ2v) is 2.59. The Kier molecular flexibility index (Phi) is 2.68. The summed E-state index contributed by atoms with van der Waals surface area (Å²) in [6.45, 7) is 2.75. The van der Waals surface area contributed by atoms with Gasteiger partial charge in [0, 0.05) is 26.1 Å². The first-order chi connectivity index (χ1) is 4.84. The second-order valence-electron chi connectivity index (χ2n) is 2.59. The molecule has 1 saturated heterocycles. The number of rotatable bonds is 3. The molecule has 0 aromatic heterocycles. The van der Waals surface area contributed by atoms with Crippen LogP contribution in [-0.2, 0) is 4.79 Å². The van der Waals surface area contributed by atoms with Gasteiger partial charge >= 0.3 is 0 Å². The van der Waals surface area contributed by atoms with E-state index < -0.39 is 0 Å². The topological polar surface area (TPSA) is 32.3 Å². The summed E-state index contributed by atoms with van der Waals surface area (Å²) in [6, 6.07) is 0. The molecule has 0 bridgehead atoms. The Bertz CT molecular complexity index is 121. The predicted molar refractivity (Wildman–Crippen MR) is 39.7 cm³/mol. The van der Waals surface area contributed by atoms with E-state index in [9.17, 15) is 4.79 Å². The molecule has 1 amide bonds. The summed E-state index contributed by atoms with van der Waals surface area (Å²) in [6.07, 6.45) is 1.84. The number of nitrogens with one attached hydrogen (secondary N) is 1. The zero-order valence-corrected chi connectivity index (χ0v) is 6.39. The van der Waals surface area contributed by atoms with Crippen molar-refractivity contribution in [3.8, 4) is 0 Å². The van der Waals surface area contributed by atoms with E-state index in [-0.39, 0.29) is 0 Å². The first-order valence-electron chi connectivity index (χ1n) is 3.77. The van der Waals surface area contributed by atoms with Gasteiger partial charge in [-0.05, 0) is 13.5 Å². The maximum absolute atomic E-state index is 11.1. The van der Waals surface area contributed by atoms with Crippen LogP contribution in [0.25, 0.3) is 0 Å². The van der Waals surface area contributed by atoms with Crippen LogP contribution in [-0.4, -0.2) is 37.5 Å². The van der Waals surface area contributed by atoms with E-state index in [1.54, 1.807) is 0 Å². The maximum atomic E-state index is 11.1. The summed E-state index contributed by atoms with van der Waals surface area (Å²) < 4.78 is 0. The Morgan fingerprint density at radius 1 is 1.60 bits per heavy atom. The molecule has 1 N–H and O–H groups in total. The predicted octanol–water partition coefficient (Wildman–Crippen LogP) is -0.172. The highest BCUT2D eigenvalue weighted by atomic mass is 16.2. The number of carbonyl (C=O) groups is 1. The highest BCUT2D eigenvalue weighted by Gasteiger charge is 2.18. The first kappa shape index (κ1) is 7.54. The molecule has 0 aliphatic carbocycles. The van der Waals surface area contributed by atoms with Gasteiger partial charge in [-0.25, -0.2) is 0 Å². The molecule has 0 saturated carbocycles. The molecule has 1 heterocycles. The van der Waals surface area contributed by atoms with Gasteiger partial charge in [-0.15, -0.1) is 0 Å². The Balaban J connectivity index is 2.08. The SMILES string of the molecule is CNCCC(=O)N1CCC1. The smallest absolute Gasteiger partial charge is 0.223 e. The second kappa shape index (κ2) is 3.56. The van der Waals surface area contributed by atoms with Crippen LogP contribution in [0, 0.1) is 0 Å². The lowest BCUT2D eigenvalue weighted by Crippen LogP contribution is -2.42. The minimum Gasteiger partial charge on any atom is -0.343 e. The summed E-state index contributed by atoms with van der Waals surface area (Å²) in [5.41, 5.74) is 0. The van der Waals surface area contributed by atoms with Crippen molar-refractivity contribution in [2.75, 3.05) is 26.7 Å². The lowest BCUT2D eigenvalue weighted by Gasteiger charge is -2.30. The zero-order chi connectivity index (χ0) is 7.40. The van der Waals surface area contributed by atoms with Crippen molar-refractivity contribution in [1.82, 2.24) is 10.2 Å². The van der Waals surface area contributed by atoms with Crippen LogP contribution < -0.4 is 5.32 Å². The monoisotopic (exact) mass is 142 g/mol. The van der Waals surface area contributed by atoms with E-state index in [1.807, 2.05) is 11.9 Å². The minimum atomic E-state index is 0.292. The van der Waals surface area contributed by atoms with Gasteiger partial charge in [0.05, 0.1) is 0 Å². The molecule has 1 aliphatic heterocycles. The molecular weight excluding hydrogens is 128 g/mol. The van der Waals surface area contributed by atoms with Gasteiger partial charge in [0.1, 0.15) is 0 Å². The summed E-state index contributed by atoms with van der Waals surface area (Å²) in [5, 5.41) is 2.95. The van der Waals surface area contributed by atoms with Crippen molar-refractivity contribution in [3.05, 3.63) is 0 Å². The Hall–Kier alpha value is -0.570. The first-order valence-corrected chi connectivity index (χ1v) is 3.77. The third kappa shape index (κ3) is 1.70. The lowest BCUT2D eigenvalue weighted by atomic mass is 10.2. The number of hydrogen-bond donors (Lipinski definition) is 1. The highest BCUT2D eigenvalue weighted by Crippen LogP contribution is 2.06. The van der Waals surface area contributed by atoms with E-state index in [0.717, 1.165) is 19.6 Å². The summed E-state index contributed by atoms with van der Waals surface area (Å²) in [4.78, 5) is 13.0. The van der Waals surface area contributed by atoms with Gasteiger partial charge in [-0.1, -0.05) is 0 Å². The Morgan fingerprint density at radius 2 is 2.30 bits per heavy atom. The van der Waals surface area contributed by atoms with Gasteiger partial charge in [0.2, 0.25) is 5.91 Å². The number of hydrogen-bond acceptors (Lipinski definition) is 2. The van der Waals surface area contributed by atoms with Crippen LogP contribution in [0.5, 0.6) is 0 Å². The zero-order valence-electron chi connectivity index (χ0n) is 6.39. The molecule has 0 aromatic rings. The molecule has 0 atom stereocenters. The molecular formula is C7H14N2O. The largest absolute Gasteiger partial charge is 0.343 e. The summed E-state index contributed by atoms with van der Waals surface area (Å²) >= 11 is 0. The third-order valence-electron chi connectivity index (χ3n) is 1.80. The maximum Gasteiger partial charge on any atom is 0.223 e. The van der Waals surface area contributed by atoms with Crippen LogP contribution in [0.15, 0.2) is 0 Å². The molecule has 3 heteroatoms. The molecule has 10 heavy (non-hydrogen) atoms. The quantitative estimate of drug-likeness (QED) is 0.593. The van der Waals surface area contributed by atoms with Crippen molar-refractivity contribution >= 4 is 5.91 Å². The van der Waals surface area contributed by atoms with E-state index in [1.165, 1.54) is 6.42 Å². The van der Waals surface area contributed by atoms with Gasteiger partial charge in [0.25, 0.3) is 0 Å². The Morgan fingerprint density at radius 3 is 2.70 bits per heavy atom. The van der Waals surface area contributed by atoms with E-state index >= 15 is 0 Å². The van der Waals surface area contributed by atoms with Crippen LogP contribution in [0.2, 0.25) is 0 Å². The third-order valence-corrected chi connectivity index (χ3v) is 1.80. The van der Waals surface area contributed by atoms with Crippen LogP contribution in [0.1, 0.15) is 12.8 Å². The number of nitrogens with zero attached hydrogens (tertiary/aromatic N) is 1. The van der Waals surface area contributed by atoms with Gasteiger partial charge in [-0.2, -0.15) is 0 Å². The molecule has 0 spiro atoms. The molecule has 0 radical (unpaired) electrons. The molecule has 0 aromatic carbocycles. The molecule has 0 unspecified atom stereocenters. The fourth-order valence-corrected chi connectivity index (χ4v) is 0.956. The standard InChI is InChI=1S/C7H14N2O/c1-8-4-3-7(10)9-5-2-6-9/h8H,2-6H2,1H3. The molecule has 58 valence electrons. The normalized spacial score (nSPS) is 16.7. The lowest BCUT2D eigenvalue weighted by molar-refractivity contribution is -0.134. The van der Waals surface area contributed by atoms with Gasteiger partial charge in [-0.3, -0.25) is 4.79 Å². The average Bonchev–Trinajstić information content (AvgIpc) is 1.79. The van der Waals surface area contributed by atoms with Crippen molar-refractivity contribution in [2.45, 2.75) is 12.8 Å². The van der Waals surface area contributed by atoms with Crippen molar-refractivity contribution < 1.29 is 4.79 Å². The van der Waals surface area contributed by atoms with E-state index in [4.69, 9.17) is 0 Å². The van der Waals surface area contributed by atoms with E-state index in [2.05, 4.69) is 5.32 Å². The van der Waals surface area contributed by atoms with Crippen molar-refractivity contribution in [1.29, 1.82) is 0 Å². The van der Waals surface area contributed by atoms with Crippen LogP contribution in [0.4, 0.5) is 0 Å². The summed E-state index contributed by atoms with van der Waals surface area (Å²) in [7, 11) is 1.86. The van der Waals surface area contributed by atoms with Gasteiger partial charge < -0.3 is 10.2 Å². The molecule has 1 aliphatic rings. The molecule has 3 nitrogen and oxygen atoms in total. The fourth-order valence-electron chi connectivity index (χ4n) is 0.956.